The zero-order chi connectivity index (χ0) is 52.7. The molecule has 0 aliphatic heterocycles. The molecule has 12 rings (SSSR count). The third-order valence-corrected chi connectivity index (χ3v) is 16.2. The number of phenols is 1. The number of hydrogen-bond donors (Lipinski definition) is 1. The van der Waals surface area contributed by atoms with Crippen LogP contribution < -0.4 is 0 Å². The lowest BCUT2D eigenvalue weighted by Crippen LogP contribution is -2.18. The second kappa shape index (κ2) is 20.5. The Morgan fingerprint density at radius 3 is 1.74 bits per heavy atom. The molecule has 0 spiro atoms. The average Bonchev–Trinajstić information content (AvgIpc) is 4.23. The molecule has 11 aromatic rings. The summed E-state index contributed by atoms with van der Waals surface area (Å²) in [5, 5.41) is 12.9. The molecule has 1 saturated carbocycles. The van der Waals surface area contributed by atoms with Crippen LogP contribution in [-0.4, -0.2) is 19.6 Å². The molecule has 2 heterocycles. The number of para-hydroxylation sites is 1. The number of nitrogens with zero attached hydrogens (tertiary/aromatic N) is 3. The number of pyridine rings is 1. The third kappa shape index (κ3) is 9.81. The van der Waals surface area contributed by atoms with Gasteiger partial charge in [0.2, 0.25) is 0 Å². The number of imidazole rings is 1. The van der Waals surface area contributed by atoms with E-state index in [1.165, 1.54) is 47.9 Å². The molecule has 0 amide bonds. The van der Waals surface area contributed by atoms with Crippen molar-refractivity contribution in [3.05, 3.63) is 253 Å². The van der Waals surface area contributed by atoms with E-state index < -0.39 is 0 Å². The zero-order valence-electron chi connectivity index (χ0n) is 44.8. The first kappa shape index (κ1) is 49.3. The lowest BCUT2D eigenvalue weighted by atomic mass is 9.77. The molecule has 1 aliphatic rings. The number of aromatic hydroxyl groups is 1. The van der Waals surface area contributed by atoms with Crippen molar-refractivity contribution < 1.29 is 5.11 Å². The van der Waals surface area contributed by atoms with Gasteiger partial charge in [-0.1, -0.05) is 230 Å². The molecule has 4 heteroatoms. The van der Waals surface area contributed by atoms with Gasteiger partial charge in [-0.3, -0.25) is 9.55 Å². The quantitative estimate of drug-likeness (QED) is 0.133. The number of hydrogen-bond acceptors (Lipinski definition) is 3. The van der Waals surface area contributed by atoms with Gasteiger partial charge in [0.1, 0.15) is 11.6 Å². The fourth-order valence-corrected chi connectivity index (χ4v) is 11.7. The van der Waals surface area contributed by atoms with Gasteiger partial charge in [0.25, 0.3) is 0 Å². The topological polar surface area (TPSA) is 50.9 Å². The summed E-state index contributed by atoms with van der Waals surface area (Å²) < 4.78 is 2.31. The van der Waals surface area contributed by atoms with E-state index in [-0.39, 0.29) is 16.6 Å². The van der Waals surface area contributed by atoms with E-state index in [2.05, 4.69) is 239 Å². The van der Waals surface area contributed by atoms with Gasteiger partial charge in [-0.2, -0.15) is 0 Å². The summed E-state index contributed by atoms with van der Waals surface area (Å²) in [5.74, 6) is 1.55. The predicted octanol–water partition coefficient (Wildman–Crippen LogP) is 19.2. The molecule has 0 bridgehead atoms. The normalized spacial score (nSPS) is 13.1. The van der Waals surface area contributed by atoms with Gasteiger partial charge in [-0.15, -0.1) is 0 Å². The second-order valence-electron chi connectivity index (χ2n) is 22.7. The maximum atomic E-state index is 12.9. The van der Waals surface area contributed by atoms with Crippen LogP contribution >= 0.6 is 0 Å². The molecule has 0 saturated heterocycles. The Balaban J connectivity index is 1.07. The van der Waals surface area contributed by atoms with Crippen LogP contribution in [0.4, 0.5) is 0 Å². The van der Waals surface area contributed by atoms with Crippen molar-refractivity contribution in [2.45, 2.75) is 77.6 Å². The van der Waals surface area contributed by atoms with Crippen molar-refractivity contribution >= 4 is 11.0 Å². The van der Waals surface area contributed by atoms with Crippen LogP contribution in [0, 0.1) is 5.92 Å². The Bertz CT molecular complexity index is 3900. The summed E-state index contributed by atoms with van der Waals surface area (Å²) in [7, 11) is 0. The van der Waals surface area contributed by atoms with E-state index in [9.17, 15) is 5.11 Å². The molecule has 2 aromatic heterocycles. The first-order chi connectivity index (χ1) is 37.5. The molecule has 4 nitrogen and oxygen atoms in total. The highest BCUT2D eigenvalue weighted by molar-refractivity contribution is 5.99. The number of aromatic nitrogens is 3. The van der Waals surface area contributed by atoms with E-state index >= 15 is 0 Å². The molecule has 1 N–H and O–H groups in total. The molecule has 9 aromatic carbocycles. The predicted molar refractivity (Wildman–Crippen MR) is 322 cm³/mol. The smallest absolute Gasteiger partial charge is 0.149 e. The number of phenolic OH excluding ortho intramolecular Hbond substituents is 1. The van der Waals surface area contributed by atoms with Crippen LogP contribution in [0.2, 0.25) is 0 Å². The highest BCUT2D eigenvalue weighted by atomic mass is 16.3. The molecule has 0 radical (unpaired) electrons. The number of fused-ring (bicyclic) bond motifs is 1. The third-order valence-electron chi connectivity index (χ3n) is 16.2. The van der Waals surface area contributed by atoms with Crippen LogP contribution in [0.3, 0.4) is 0 Å². The number of benzene rings is 9. The van der Waals surface area contributed by atoms with Gasteiger partial charge in [0.15, 0.2) is 0 Å². The molecule has 378 valence electrons. The monoisotopic (exact) mass is 1000 g/mol. The first-order valence-electron chi connectivity index (χ1n) is 27.4. The van der Waals surface area contributed by atoms with E-state index in [0.717, 1.165) is 90.0 Å². The van der Waals surface area contributed by atoms with E-state index in [1.807, 2.05) is 30.5 Å². The van der Waals surface area contributed by atoms with Crippen LogP contribution in [-0.2, 0) is 17.3 Å². The lowest BCUT2D eigenvalue weighted by Gasteiger charge is -2.26. The number of rotatable bonds is 12. The molecule has 0 unspecified atom stereocenters. The van der Waals surface area contributed by atoms with Crippen molar-refractivity contribution in [2.75, 3.05) is 0 Å². The fraction of sp³-hybridized carbons (Fsp3) is 0.178. The van der Waals surface area contributed by atoms with Gasteiger partial charge < -0.3 is 5.11 Å². The van der Waals surface area contributed by atoms with E-state index in [0.29, 0.717) is 17.3 Å². The van der Waals surface area contributed by atoms with Gasteiger partial charge in [0.05, 0.1) is 28.0 Å². The maximum Gasteiger partial charge on any atom is 0.149 e. The fourth-order valence-electron chi connectivity index (χ4n) is 11.7. The van der Waals surface area contributed by atoms with Crippen LogP contribution in [0.1, 0.15) is 82.6 Å². The Kier molecular flexibility index (Phi) is 13.1. The van der Waals surface area contributed by atoms with Crippen molar-refractivity contribution in [1.29, 1.82) is 0 Å². The van der Waals surface area contributed by atoms with Gasteiger partial charge in [-0.05, 0) is 134 Å². The molecule has 1 fully saturated rings. The summed E-state index contributed by atoms with van der Waals surface area (Å²) in [5.41, 5.74) is 20.5. The van der Waals surface area contributed by atoms with Crippen LogP contribution in [0.25, 0.3) is 95.0 Å². The van der Waals surface area contributed by atoms with Crippen LogP contribution in [0.5, 0.6) is 5.75 Å². The lowest BCUT2D eigenvalue weighted by molar-refractivity contribution is 0.479. The van der Waals surface area contributed by atoms with Crippen LogP contribution in [0.15, 0.2) is 231 Å². The SMILES string of the molecule is CC(C)(C)c1cc(-c2cc(-c3cccc(C(C)(C)c4ccccc4)c3)ccn2)cc(-c2cccc3c2nc(-c2cc(-c4ccccc4)cc(-c4ccccc4)c2O)n3-c2ccc(CC3CCCC3)cc2-c2ccccc2)c1. The standard InChI is InChI=1S/C73H65N3O/c1-72(2,3)61-44-57(42-58(45-61)66-48-55(38-39-74-66)54-30-20-33-60(43-54)73(4,5)59-31-16-9-17-32-59)62-34-21-35-68-69(62)75-71(65-47-56(51-24-10-6-11-25-51)46-64(70(65)77)53-28-14-8-15-29-53)76(68)67-37-36-50(40-49-22-18-19-23-49)41-63(67)52-26-12-7-13-27-52/h6-17,20-21,24-39,41-49,77H,18-19,22-23,40H2,1-5H3. The van der Waals surface area contributed by atoms with Gasteiger partial charge in [0, 0.05) is 33.9 Å². The highest BCUT2D eigenvalue weighted by Crippen LogP contribution is 2.46. The Morgan fingerprint density at radius 1 is 0.455 bits per heavy atom. The second-order valence-corrected chi connectivity index (χ2v) is 22.7. The van der Waals surface area contributed by atoms with Crippen molar-refractivity contribution in [3.63, 3.8) is 0 Å². The van der Waals surface area contributed by atoms with Gasteiger partial charge in [-0.25, -0.2) is 4.98 Å². The summed E-state index contributed by atoms with van der Waals surface area (Å²) in [6.45, 7) is 11.4. The minimum absolute atomic E-state index is 0.174. The van der Waals surface area contributed by atoms with E-state index in [4.69, 9.17) is 9.97 Å². The van der Waals surface area contributed by atoms with Gasteiger partial charge >= 0.3 is 0 Å². The minimum atomic E-state index is -0.180. The Labute approximate surface area is 454 Å². The van der Waals surface area contributed by atoms with Crippen molar-refractivity contribution in [1.82, 2.24) is 14.5 Å². The molecular formula is C73H65N3O. The molecule has 1 aliphatic carbocycles. The van der Waals surface area contributed by atoms with E-state index in [1.54, 1.807) is 0 Å². The Hall–Kier alpha value is -8.60. The van der Waals surface area contributed by atoms with Crippen molar-refractivity contribution in [3.8, 4) is 89.7 Å². The molecule has 77 heavy (non-hydrogen) atoms. The first-order valence-corrected chi connectivity index (χ1v) is 27.4. The average molecular weight is 1000 g/mol. The molecular weight excluding hydrogens is 935 g/mol. The molecule has 0 atom stereocenters. The Morgan fingerprint density at radius 2 is 1.04 bits per heavy atom. The maximum absolute atomic E-state index is 12.9. The summed E-state index contributed by atoms with van der Waals surface area (Å²) in [6.07, 6.45) is 8.19. The summed E-state index contributed by atoms with van der Waals surface area (Å²) in [4.78, 5) is 10.9. The summed E-state index contributed by atoms with van der Waals surface area (Å²) in [6, 6.07) is 80.3. The highest BCUT2D eigenvalue weighted by Gasteiger charge is 2.27. The summed E-state index contributed by atoms with van der Waals surface area (Å²) >= 11 is 0. The largest absolute Gasteiger partial charge is 0.507 e. The van der Waals surface area contributed by atoms with Crippen molar-refractivity contribution in [2.24, 2.45) is 5.92 Å². The minimum Gasteiger partial charge on any atom is -0.507 e. The zero-order valence-corrected chi connectivity index (χ0v) is 44.8.